The smallest absolute Gasteiger partial charge is 0.323 e. The normalized spacial score (nSPS) is 11.6. The van der Waals surface area contributed by atoms with Gasteiger partial charge in [0.25, 0.3) is 0 Å². The Morgan fingerprint density at radius 2 is 1.03 bits per heavy atom. The maximum Gasteiger partial charge on any atom is 0.323 e. The van der Waals surface area contributed by atoms with E-state index >= 15 is 0 Å². The third-order valence-corrected chi connectivity index (χ3v) is 5.35. The molecule has 36 heavy (non-hydrogen) atoms. The number of benzene rings is 2. The number of anilines is 2. The molecule has 2 aromatic rings. The van der Waals surface area contributed by atoms with Gasteiger partial charge in [0.05, 0.1) is 25.6 Å². The largest absolute Gasteiger partial charge is 0.497 e. The Hall–Kier alpha value is -3.17. The maximum atomic E-state index is 13.3. The van der Waals surface area contributed by atoms with Gasteiger partial charge in [-0.2, -0.15) is 0 Å². The van der Waals surface area contributed by atoms with Crippen molar-refractivity contribution in [3.63, 3.8) is 0 Å². The van der Waals surface area contributed by atoms with Crippen molar-refractivity contribution in [2.75, 3.05) is 52.7 Å². The zero-order valence-corrected chi connectivity index (χ0v) is 23.1. The van der Waals surface area contributed by atoms with Crippen LogP contribution in [-0.2, 0) is 20.3 Å². The van der Waals surface area contributed by atoms with Crippen LogP contribution in [0.2, 0.25) is 0 Å². The van der Waals surface area contributed by atoms with Gasteiger partial charge >= 0.3 is 6.03 Å². The molecular weight excluding hydrogens is 464 g/mol. The minimum atomic E-state index is -0.499. The van der Waals surface area contributed by atoms with Gasteiger partial charge in [-0.15, -0.1) is 0 Å². The zero-order valence-electron chi connectivity index (χ0n) is 23.1. The minimum Gasteiger partial charge on any atom is -0.497 e. The summed E-state index contributed by atoms with van der Waals surface area (Å²) < 4.78 is 33.0. The Bertz CT molecular complexity index is 958. The number of nitrogens with one attached hydrogen (secondary N) is 2. The predicted octanol–water partition coefficient (Wildman–Crippen LogP) is 5.91. The van der Waals surface area contributed by atoms with Crippen molar-refractivity contribution in [2.45, 2.75) is 52.4 Å². The van der Waals surface area contributed by atoms with Gasteiger partial charge in [0.2, 0.25) is 0 Å². The van der Waals surface area contributed by atoms with Gasteiger partial charge < -0.3 is 39.1 Å². The molecule has 2 amide bonds. The van der Waals surface area contributed by atoms with E-state index in [-0.39, 0.29) is 24.4 Å². The lowest BCUT2D eigenvalue weighted by atomic mass is 9.85. The highest BCUT2D eigenvalue weighted by Crippen LogP contribution is 2.42. The number of rotatable bonds is 10. The van der Waals surface area contributed by atoms with Crippen LogP contribution in [0.1, 0.15) is 52.7 Å². The van der Waals surface area contributed by atoms with Crippen molar-refractivity contribution in [3.8, 4) is 23.0 Å². The topological polar surface area (TPSA) is 96.5 Å². The molecule has 2 rings (SSSR count). The van der Waals surface area contributed by atoms with Gasteiger partial charge in [-0.3, -0.25) is 0 Å². The standard InChI is InChI=1S/C27H40N2O7/c1-26(2,3)19-11-17(33-9)13-21(23(19)35-15-31-7)28-25(30)29-22-14-18(34-10)12-20(27(4,5)6)24(22)36-16-32-8/h11-14H,15-16H2,1-10H3,(H2,28,29,30). The molecule has 0 unspecified atom stereocenters. The highest BCUT2D eigenvalue weighted by Gasteiger charge is 2.26. The minimum absolute atomic E-state index is 0.0194. The first kappa shape index (κ1) is 29.1. The van der Waals surface area contributed by atoms with Gasteiger partial charge in [-0.05, 0) is 23.0 Å². The van der Waals surface area contributed by atoms with Crippen molar-refractivity contribution < 1.29 is 33.2 Å². The Morgan fingerprint density at radius 3 is 1.31 bits per heavy atom. The number of hydrogen-bond acceptors (Lipinski definition) is 7. The molecule has 2 N–H and O–H groups in total. The molecular formula is C27H40N2O7. The lowest BCUT2D eigenvalue weighted by Gasteiger charge is -2.27. The summed E-state index contributed by atoms with van der Waals surface area (Å²) in [6.45, 7) is 12.3. The Labute approximate surface area is 214 Å². The van der Waals surface area contributed by atoms with Gasteiger partial charge in [0.15, 0.2) is 13.6 Å². The summed E-state index contributed by atoms with van der Waals surface area (Å²) in [6.07, 6.45) is 0. The molecule has 0 aromatic heterocycles. The van der Waals surface area contributed by atoms with Gasteiger partial charge in [0, 0.05) is 37.5 Å². The molecule has 9 nitrogen and oxygen atoms in total. The molecule has 0 radical (unpaired) electrons. The van der Waals surface area contributed by atoms with Gasteiger partial charge in [-0.1, -0.05) is 41.5 Å². The summed E-state index contributed by atoms with van der Waals surface area (Å²) in [5.74, 6) is 2.16. The van der Waals surface area contributed by atoms with E-state index in [4.69, 9.17) is 28.4 Å². The number of amides is 2. The van der Waals surface area contributed by atoms with Crippen LogP contribution in [0.5, 0.6) is 23.0 Å². The zero-order chi connectivity index (χ0) is 27.1. The Kier molecular flexibility index (Phi) is 9.84. The second kappa shape index (κ2) is 12.2. The number of carbonyl (C=O) groups excluding carboxylic acids is 1. The van der Waals surface area contributed by atoms with E-state index in [9.17, 15) is 4.79 Å². The van der Waals surface area contributed by atoms with E-state index in [1.807, 2.05) is 12.1 Å². The molecule has 0 bridgehead atoms. The summed E-state index contributed by atoms with van der Waals surface area (Å²) >= 11 is 0. The van der Waals surface area contributed by atoms with Crippen molar-refractivity contribution >= 4 is 17.4 Å². The number of carbonyl (C=O) groups is 1. The SMILES string of the molecule is COCOc1c(NC(=O)Nc2cc(OC)cc(C(C)(C)C)c2OCOC)cc(OC)cc1C(C)(C)C. The van der Waals surface area contributed by atoms with Crippen LogP contribution in [-0.4, -0.2) is 48.1 Å². The average molecular weight is 505 g/mol. The van der Waals surface area contributed by atoms with Crippen molar-refractivity contribution in [1.29, 1.82) is 0 Å². The van der Waals surface area contributed by atoms with Crippen LogP contribution >= 0.6 is 0 Å². The van der Waals surface area contributed by atoms with E-state index in [1.54, 1.807) is 26.4 Å². The first-order valence-corrected chi connectivity index (χ1v) is 11.6. The first-order chi connectivity index (χ1) is 16.8. The fourth-order valence-corrected chi connectivity index (χ4v) is 3.56. The van der Waals surface area contributed by atoms with Crippen LogP contribution < -0.4 is 29.6 Å². The van der Waals surface area contributed by atoms with Gasteiger partial charge in [0.1, 0.15) is 23.0 Å². The summed E-state index contributed by atoms with van der Waals surface area (Å²) in [4.78, 5) is 13.3. The molecule has 2 aromatic carbocycles. The molecule has 9 heteroatoms. The Morgan fingerprint density at radius 1 is 0.667 bits per heavy atom. The van der Waals surface area contributed by atoms with Crippen molar-refractivity contribution in [1.82, 2.24) is 0 Å². The monoisotopic (exact) mass is 504 g/mol. The summed E-state index contributed by atoms with van der Waals surface area (Å²) in [6, 6.07) is 6.69. The lowest BCUT2D eigenvalue weighted by molar-refractivity contribution is 0.0502. The van der Waals surface area contributed by atoms with E-state index in [1.165, 1.54) is 14.2 Å². The first-order valence-electron chi connectivity index (χ1n) is 11.6. The number of urea groups is 1. The molecule has 0 aliphatic rings. The number of methoxy groups -OCH3 is 4. The van der Waals surface area contributed by atoms with E-state index in [0.717, 1.165) is 11.1 Å². The van der Waals surface area contributed by atoms with E-state index in [2.05, 4.69) is 52.2 Å². The highest BCUT2D eigenvalue weighted by molar-refractivity contribution is 6.02. The highest BCUT2D eigenvalue weighted by atomic mass is 16.7. The van der Waals surface area contributed by atoms with Crippen molar-refractivity contribution in [2.24, 2.45) is 0 Å². The molecule has 0 heterocycles. The molecule has 0 atom stereocenters. The fraction of sp³-hybridized carbons (Fsp3) is 0.519. The average Bonchev–Trinajstić information content (AvgIpc) is 2.80. The molecule has 0 aliphatic heterocycles. The van der Waals surface area contributed by atoms with E-state index < -0.39 is 6.03 Å². The molecule has 0 fully saturated rings. The Balaban J connectivity index is 2.53. The molecule has 0 saturated heterocycles. The van der Waals surface area contributed by atoms with Crippen LogP contribution in [0.15, 0.2) is 24.3 Å². The predicted molar refractivity (Wildman–Crippen MR) is 141 cm³/mol. The van der Waals surface area contributed by atoms with E-state index in [0.29, 0.717) is 34.4 Å². The second-order valence-corrected chi connectivity index (χ2v) is 10.3. The maximum absolute atomic E-state index is 13.3. The number of hydrogen-bond donors (Lipinski definition) is 2. The molecule has 0 spiro atoms. The third-order valence-electron chi connectivity index (χ3n) is 5.35. The fourth-order valence-electron chi connectivity index (χ4n) is 3.56. The third kappa shape index (κ3) is 7.41. The van der Waals surface area contributed by atoms with Crippen LogP contribution in [0, 0.1) is 0 Å². The van der Waals surface area contributed by atoms with Crippen LogP contribution in [0.25, 0.3) is 0 Å². The number of ether oxygens (including phenoxy) is 6. The molecule has 0 saturated carbocycles. The quantitative estimate of drug-likeness (QED) is 0.388. The summed E-state index contributed by atoms with van der Waals surface area (Å²) in [5.41, 5.74) is 2.00. The van der Waals surface area contributed by atoms with Crippen LogP contribution in [0.4, 0.5) is 16.2 Å². The summed E-state index contributed by atoms with van der Waals surface area (Å²) in [7, 11) is 6.23. The van der Waals surface area contributed by atoms with Crippen molar-refractivity contribution in [3.05, 3.63) is 35.4 Å². The molecule has 0 aliphatic carbocycles. The second-order valence-electron chi connectivity index (χ2n) is 10.3. The van der Waals surface area contributed by atoms with Gasteiger partial charge in [-0.25, -0.2) is 4.79 Å². The summed E-state index contributed by atoms with van der Waals surface area (Å²) in [5, 5.41) is 5.79. The molecule has 200 valence electrons. The lowest BCUT2D eigenvalue weighted by Crippen LogP contribution is -2.23. The van der Waals surface area contributed by atoms with Crippen LogP contribution in [0.3, 0.4) is 0 Å².